The van der Waals surface area contributed by atoms with E-state index in [1.807, 2.05) is 0 Å². The van der Waals surface area contributed by atoms with Gasteiger partial charge in [0, 0.05) is 0 Å². The zero-order valence-corrected chi connectivity index (χ0v) is 13.6. The molecular weight excluding hydrogens is 228 g/mol. The van der Waals surface area contributed by atoms with E-state index in [0.29, 0.717) is 10.8 Å². The van der Waals surface area contributed by atoms with Gasteiger partial charge < -0.3 is 0 Å². The lowest BCUT2D eigenvalue weighted by atomic mass is 9.62. The van der Waals surface area contributed by atoms with Crippen LogP contribution >= 0.6 is 0 Å². The molecule has 19 heavy (non-hydrogen) atoms. The van der Waals surface area contributed by atoms with Crippen LogP contribution in [0.2, 0.25) is 0 Å². The minimum atomic E-state index is 0.340. The Morgan fingerprint density at radius 3 is 1.95 bits per heavy atom. The van der Waals surface area contributed by atoms with Crippen LogP contribution in [-0.2, 0) is 10.8 Å². The number of hydrogen-bond acceptors (Lipinski definition) is 0. The van der Waals surface area contributed by atoms with E-state index in [0.717, 1.165) is 5.92 Å². The van der Waals surface area contributed by atoms with Crippen LogP contribution in [0.5, 0.6) is 0 Å². The van der Waals surface area contributed by atoms with Crippen molar-refractivity contribution in [2.75, 3.05) is 0 Å². The second-order valence-corrected chi connectivity index (χ2v) is 7.59. The highest BCUT2D eigenvalue weighted by Crippen LogP contribution is 2.46. The molecule has 0 atom stereocenters. The molecule has 0 saturated carbocycles. The van der Waals surface area contributed by atoms with Gasteiger partial charge in [0.05, 0.1) is 0 Å². The van der Waals surface area contributed by atoms with E-state index in [1.54, 1.807) is 16.7 Å². The molecule has 1 aromatic carbocycles. The summed E-state index contributed by atoms with van der Waals surface area (Å²) in [5.74, 6) is 0.728. The summed E-state index contributed by atoms with van der Waals surface area (Å²) >= 11 is 0. The molecule has 1 aliphatic carbocycles. The Kier molecular flexibility index (Phi) is 3.82. The lowest BCUT2D eigenvalue weighted by Crippen LogP contribution is -2.34. The lowest BCUT2D eigenvalue weighted by molar-refractivity contribution is 0.331. The number of benzene rings is 1. The first-order valence-electron chi connectivity index (χ1n) is 7.96. The van der Waals surface area contributed by atoms with Crippen molar-refractivity contribution in [2.24, 2.45) is 0 Å². The smallest absolute Gasteiger partial charge is 0.0100 e. The van der Waals surface area contributed by atoms with Crippen molar-refractivity contribution in [1.82, 2.24) is 0 Å². The summed E-state index contributed by atoms with van der Waals surface area (Å²) in [5.41, 5.74) is 5.42. The van der Waals surface area contributed by atoms with Gasteiger partial charge in [-0.2, -0.15) is 0 Å². The molecular formula is C19H30. The molecule has 0 spiro atoms. The minimum Gasteiger partial charge on any atom is -0.0648 e. The van der Waals surface area contributed by atoms with Crippen LogP contribution in [-0.4, -0.2) is 0 Å². The van der Waals surface area contributed by atoms with Crippen molar-refractivity contribution in [1.29, 1.82) is 0 Å². The summed E-state index contributed by atoms with van der Waals surface area (Å²) in [6, 6.07) is 7.33. The highest BCUT2D eigenvalue weighted by Gasteiger charge is 2.37. The van der Waals surface area contributed by atoms with E-state index >= 15 is 0 Å². The molecule has 0 saturated heterocycles. The second-order valence-electron chi connectivity index (χ2n) is 7.59. The van der Waals surface area contributed by atoms with Gasteiger partial charge in [-0.25, -0.2) is 0 Å². The Balaban J connectivity index is 2.53. The quantitative estimate of drug-likeness (QED) is 0.629. The molecule has 0 unspecified atom stereocenters. The van der Waals surface area contributed by atoms with Gasteiger partial charge in [-0.05, 0) is 59.1 Å². The second kappa shape index (κ2) is 4.96. The third-order valence-electron chi connectivity index (χ3n) is 5.33. The van der Waals surface area contributed by atoms with E-state index in [-0.39, 0.29) is 0 Å². The van der Waals surface area contributed by atoms with E-state index in [9.17, 15) is 0 Å². The molecule has 0 heteroatoms. The predicted octanol–water partition coefficient (Wildman–Crippen LogP) is 5.94. The van der Waals surface area contributed by atoms with Gasteiger partial charge in [0.1, 0.15) is 0 Å². The third kappa shape index (κ3) is 2.59. The van der Waals surface area contributed by atoms with Gasteiger partial charge in [-0.3, -0.25) is 0 Å². The van der Waals surface area contributed by atoms with Crippen LogP contribution in [0.25, 0.3) is 0 Å². The Morgan fingerprint density at radius 1 is 0.895 bits per heavy atom. The first-order valence-corrected chi connectivity index (χ1v) is 7.96. The van der Waals surface area contributed by atoms with Crippen LogP contribution in [0.4, 0.5) is 0 Å². The van der Waals surface area contributed by atoms with Crippen LogP contribution in [0.15, 0.2) is 18.2 Å². The molecule has 0 bridgehead atoms. The standard InChI is InChI=1S/C19H30/c1-7-14(8-2)15-9-10-16-17(13-15)19(5,6)12-11-18(16,3)4/h9-10,13-14H,7-8,11-12H2,1-6H3. The van der Waals surface area contributed by atoms with E-state index < -0.39 is 0 Å². The number of fused-ring (bicyclic) bond motifs is 1. The molecule has 0 fully saturated rings. The Morgan fingerprint density at radius 2 is 1.42 bits per heavy atom. The number of rotatable bonds is 3. The lowest BCUT2D eigenvalue weighted by Gasteiger charge is -2.42. The molecule has 2 rings (SSSR count). The summed E-state index contributed by atoms with van der Waals surface area (Å²) in [7, 11) is 0. The normalized spacial score (nSPS) is 20.4. The molecule has 1 aliphatic rings. The topological polar surface area (TPSA) is 0 Å². The first kappa shape index (κ1) is 14.6. The van der Waals surface area contributed by atoms with Crippen LogP contribution in [0.1, 0.15) is 89.8 Å². The van der Waals surface area contributed by atoms with Crippen molar-refractivity contribution in [2.45, 2.75) is 84.0 Å². The number of hydrogen-bond donors (Lipinski definition) is 0. The largest absolute Gasteiger partial charge is 0.0648 e. The van der Waals surface area contributed by atoms with Crippen LogP contribution in [0.3, 0.4) is 0 Å². The van der Waals surface area contributed by atoms with Gasteiger partial charge in [-0.1, -0.05) is 59.7 Å². The predicted molar refractivity (Wildman–Crippen MR) is 85.1 cm³/mol. The maximum Gasteiger partial charge on any atom is -0.0100 e. The van der Waals surface area contributed by atoms with Gasteiger partial charge >= 0.3 is 0 Å². The van der Waals surface area contributed by atoms with E-state index in [2.05, 4.69) is 59.7 Å². The van der Waals surface area contributed by atoms with Crippen molar-refractivity contribution < 1.29 is 0 Å². The maximum atomic E-state index is 2.52. The van der Waals surface area contributed by atoms with Crippen LogP contribution in [0, 0.1) is 0 Å². The SMILES string of the molecule is CCC(CC)c1ccc2c(c1)C(C)(C)CCC2(C)C. The molecule has 0 heterocycles. The zero-order valence-electron chi connectivity index (χ0n) is 13.6. The van der Waals surface area contributed by atoms with Crippen molar-refractivity contribution in [3.05, 3.63) is 34.9 Å². The average molecular weight is 258 g/mol. The Bertz CT molecular complexity index is 447. The molecule has 1 aromatic rings. The van der Waals surface area contributed by atoms with Crippen molar-refractivity contribution in [3.63, 3.8) is 0 Å². The minimum absolute atomic E-state index is 0.340. The summed E-state index contributed by atoms with van der Waals surface area (Å²) < 4.78 is 0. The molecule has 0 amide bonds. The molecule has 106 valence electrons. The Hall–Kier alpha value is -0.780. The summed E-state index contributed by atoms with van der Waals surface area (Å²) in [6.45, 7) is 14.2. The summed E-state index contributed by atoms with van der Waals surface area (Å²) in [4.78, 5) is 0. The Labute approximate surface area is 119 Å². The fourth-order valence-corrected chi connectivity index (χ4v) is 3.62. The summed E-state index contributed by atoms with van der Waals surface area (Å²) in [6.07, 6.45) is 5.11. The summed E-state index contributed by atoms with van der Waals surface area (Å²) in [5, 5.41) is 0. The molecule has 0 N–H and O–H groups in total. The molecule has 0 aromatic heterocycles. The third-order valence-corrected chi connectivity index (χ3v) is 5.33. The van der Waals surface area contributed by atoms with Gasteiger partial charge in [-0.15, -0.1) is 0 Å². The molecule has 0 aliphatic heterocycles. The van der Waals surface area contributed by atoms with Crippen molar-refractivity contribution >= 4 is 0 Å². The monoisotopic (exact) mass is 258 g/mol. The highest BCUT2D eigenvalue weighted by molar-refractivity contribution is 5.44. The van der Waals surface area contributed by atoms with Gasteiger partial charge in [0.15, 0.2) is 0 Å². The van der Waals surface area contributed by atoms with E-state index in [1.165, 1.54) is 25.7 Å². The fraction of sp³-hybridized carbons (Fsp3) is 0.684. The van der Waals surface area contributed by atoms with E-state index in [4.69, 9.17) is 0 Å². The molecule has 0 nitrogen and oxygen atoms in total. The highest BCUT2D eigenvalue weighted by atomic mass is 14.4. The van der Waals surface area contributed by atoms with Crippen LogP contribution < -0.4 is 0 Å². The van der Waals surface area contributed by atoms with Crippen molar-refractivity contribution in [3.8, 4) is 0 Å². The van der Waals surface area contributed by atoms with Gasteiger partial charge in [0.25, 0.3) is 0 Å². The molecule has 0 radical (unpaired) electrons. The zero-order chi connectivity index (χ0) is 14.3. The van der Waals surface area contributed by atoms with Gasteiger partial charge in [0.2, 0.25) is 0 Å². The maximum absolute atomic E-state index is 2.52. The average Bonchev–Trinajstić information content (AvgIpc) is 2.37. The first-order chi connectivity index (χ1) is 8.81. The fourth-order valence-electron chi connectivity index (χ4n) is 3.62.